The molecule has 0 aliphatic heterocycles. The summed E-state index contributed by atoms with van der Waals surface area (Å²) in [5.74, 6) is 0.163. The van der Waals surface area contributed by atoms with E-state index in [9.17, 15) is 15.2 Å². The Morgan fingerprint density at radius 3 is 2.79 bits per heavy atom. The van der Waals surface area contributed by atoms with Gasteiger partial charge >= 0.3 is 0 Å². The van der Waals surface area contributed by atoms with Gasteiger partial charge in [0.2, 0.25) is 6.54 Å². The van der Waals surface area contributed by atoms with Gasteiger partial charge in [0.1, 0.15) is 0 Å². The Bertz CT molecular complexity index is 367. The Morgan fingerprint density at radius 2 is 2.29 bits per heavy atom. The van der Waals surface area contributed by atoms with E-state index >= 15 is 0 Å². The van der Waals surface area contributed by atoms with Crippen molar-refractivity contribution in [2.24, 2.45) is 0 Å². The lowest BCUT2D eigenvalue weighted by Gasteiger charge is -2.06. The van der Waals surface area contributed by atoms with Gasteiger partial charge in [0, 0.05) is 10.5 Å². The fourth-order valence-corrected chi connectivity index (χ4v) is 1.51. The summed E-state index contributed by atoms with van der Waals surface area (Å²) in [6.45, 7) is -0.296. The van der Waals surface area contributed by atoms with Crippen LogP contribution < -0.4 is 4.74 Å². The molecule has 0 saturated heterocycles. The second-order valence-electron chi connectivity index (χ2n) is 2.62. The monoisotopic (exact) mass is 261 g/mol. The lowest BCUT2D eigenvalue weighted by Crippen LogP contribution is -1.98. The fourth-order valence-electron chi connectivity index (χ4n) is 1.02. The van der Waals surface area contributed by atoms with E-state index in [-0.39, 0.29) is 18.0 Å². The van der Waals surface area contributed by atoms with Crippen LogP contribution in [0.3, 0.4) is 0 Å². The van der Waals surface area contributed by atoms with Crippen LogP contribution in [0.5, 0.6) is 11.5 Å². The lowest BCUT2D eigenvalue weighted by molar-refractivity contribution is -0.496. The number of methoxy groups -OCH3 is 1. The Balaban J connectivity index is 3.09. The van der Waals surface area contributed by atoms with E-state index in [0.29, 0.717) is 10.0 Å². The largest absolute Gasteiger partial charge is 0.503 e. The summed E-state index contributed by atoms with van der Waals surface area (Å²) in [7, 11) is 1.39. The zero-order valence-corrected chi connectivity index (χ0v) is 8.94. The van der Waals surface area contributed by atoms with Gasteiger partial charge in [-0.1, -0.05) is 0 Å². The molecule has 0 unspecified atom stereocenters. The third kappa shape index (κ3) is 2.35. The van der Waals surface area contributed by atoms with E-state index in [2.05, 4.69) is 15.9 Å². The minimum atomic E-state index is -0.446. The second kappa shape index (κ2) is 4.28. The van der Waals surface area contributed by atoms with Gasteiger partial charge in [-0.25, -0.2) is 0 Å². The molecule has 76 valence electrons. The first-order chi connectivity index (χ1) is 6.54. The van der Waals surface area contributed by atoms with Crippen molar-refractivity contribution in [1.82, 2.24) is 0 Å². The first-order valence-electron chi connectivity index (χ1n) is 3.71. The second-order valence-corrected chi connectivity index (χ2v) is 3.47. The van der Waals surface area contributed by atoms with Crippen LogP contribution in [0.25, 0.3) is 0 Å². The van der Waals surface area contributed by atoms with Gasteiger partial charge < -0.3 is 9.84 Å². The van der Waals surface area contributed by atoms with Crippen LogP contribution in [-0.2, 0) is 6.54 Å². The highest BCUT2D eigenvalue weighted by molar-refractivity contribution is 9.10. The maximum Gasteiger partial charge on any atom is 0.229 e. The normalized spacial score (nSPS) is 9.86. The zero-order valence-electron chi connectivity index (χ0n) is 7.36. The minimum Gasteiger partial charge on any atom is -0.503 e. The number of hydrogen-bond donors (Lipinski definition) is 1. The summed E-state index contributed by atoms with van der Waals surface area (Å²) in [6.07, 6.45) is 0. The van der Waals surface area contributed by atoms with E-state index in [0.717, 1.165) is 0 Å². The first-order valence-corrected chi connectivity index (χ1v) is 4.51. The minimum absolute atomic E-state index is 0.0559. The van der Waals surface area contributed by atoms with E-state index < -0.39 is 4.92 Å². The van der Waals surface area contributed by atoms with Crippen molar-refractivity contribution in [2.75, 3.05) is 7.11 Å². The van der Waals surface area contributed by atoms with Gasteiger partial charge in [0.25, 0.3) is 0 Å². The summed E-state index contributed by atoms with van der Waals surface area (Å²) in [5, 5.41) is 19.7. The smallest absolute Gasteiger partial charge is 0.229 e. The molecule has 0 spiro atoms. The number of hydrogen-bond acceptors (Lipinski definition) is 4. The number of ether oxygens (including phenoxy) is 1. The van der Waals surface area contributed by atoms with Crippen molar-refractivity contribution in [2.45, 2.75) is 6.54 Å². The zero-order chi connectivity index (χ0) is 10.7. The molecule has 6 heteroatoms. The first kappa shape index (κ1) is 10.8. The number of rotatable bonds is 3. The maximum atomic E-state index is 10.3. The van der Waals surface area contributed by atoms with Crippen LogP contribution in [0.1, 0.15) is 5.56 Å². The maximum absolute atomic E-state index is 10.3. The van der Waals surface area contributed by atoms with Crippen molar-refractivity contribution in [1.29, 1.82) is 0 Å². The molecule has 0 radical (unpaired) electrons. The van der Waals surface area contributed by atoms with Crippen molar-refractivity contribution >= 4 is 15.9 Å². The third-order valence-corrected chi connectivity index (χ3v) is 2.22. The molecule has 0 fully saturated rings. The molecule has 0 aromatic heterocycles. The molecule has 0 saturated carbocycles. The molecular weight excluding hydrogens is 254 g/mol. The van der Waals surface area contributed by atoms with Crippen LogP contribution in [-0.4, -0.2) is 17.1 Å². The van der Waals surface area contributed by atoms with Crippen LogP contribution in [0.15, 0.2) is 16.6 Å². The predicted molar refractivity (Wildman–Crippen MR) is 53.1 cm³/mol. The number of nitro groups is 1. The van der Waals surface area contributed by atoms with Gasteiger partial charge in [-0.3, -0.25) is 10.1 Å². The highest BCUT2D eigenvalue weighted by Crippen LogP contribution is 2.35. The van der Waals surface area contributed by atoms with Crippen molar-refractivity contribution in [3.05, 3.63) is 32.3 Å². The van der Waals surface area contributed by atoms with Crippen LogP contribution >= 0.6 is 15.9 Å². The molecule has 1 aromatic rings. The quantitative estimate of drug-likeness (QED) is 0.667. The SMILES string of the molecule is COc1cc(C[N+](=O)[O-])cc(Br)c1O. The average Bonchev–Trinajstić information content (AvgIpc) is 2.10. The van der Waals surface area contributed by atoms with Crippen molar-refractivity contribution in [3.8, 4) is 11.5 Å². The van der Waals surface area contributed by atoms with E-state index in [1.807, 2.05) is 0 Å². The molecule has 0 aliphatic rings. The summed E-state index contributed by atoms with van der Waals surface area (Å²) in [5.41, 5.74) is 0.469. The fraction of sp³-hybridized carbons (Fsp3) is 0.250. The van der Waals surface area contributed by atoms with E-state index in [4.69, 9.17) is 4.74 Å². The topological polar surface area (TPSA) is 72.6 Å². The van der Waals surface area contributed by atoms with Crippen molar-refractivity contribution in [3.63, 3.8) is 0 Å². The number of halogens is 1. The summed E-state index contributed by atoms with van der Waals surface area (Å²) < 4.78 is 5.23. The lowest BCUT2D eigenvalue weighted by atomic mass is 10.2. The molecule has 0 aliphatic carbocycles. The highest BCUT2D eigenvalue weighted by Gasteiger charge is 2.11. The van der Waals surface area contributed by atoms with Gasteiger partial charge in [-0.05, 0) is 28.1 Å². The molecule has 0 heterocycles. The van der Waals surface area contributed by atoms with Gasteiger partial charge in [-0.15, -0.1) is 0 Å². The van der Waals surface area contributed by atoms with Gasteiger partial charge in [0.15, 0.2) is 11.5 Å². The van der Waals surface area contributed by atoms with Crippen molar-refractivity contribution < 1.29 is 14.8 Å². The number of phenols is 1. The molecule has 1 rings (SSSR count). The predicted octanol–water partition coefficient (Wildman–Crippen LogP) is 1.94. The van der Waals surface area contributed by atoms with Crippen LogP contribution in [0, 0.1) is 10.1 Å². The molecule has 14 heavy (non-hydrogen) atoms. The van der Waals surface area contributed by atoms with Gasteiger partial charge in [-0.2, -0.15) is 0 Å². The van der Waals surface area contributed by atoms with Crippen LogP contribution in [0.4, 0.5) is 0 Å². The van der Waals surface area contributed by atoms with Gasteiger partial charge in [0.05, 0.1) is 11.6 Å². The molecule has 0 bridgehead atoms. The molecular formula is C8H8BrNO4. The Labute approximate surface area is 88.6 Å². The molecule has 5 nitrogen and oxygen atoms in total. The molecule has 1 aromatic carbocycles. The van der Waals surface area contributed by atoms with Crippen LogP contribution in [0.2, 0.25) is 0 Å². The summed E-state index contributed by atoms with van der Waals surface area (Å²) >= 11 is 3.08. The standard InChI is InChI=1S/C8H8BrNO4/c1-14-7-3-5(4-10(12)13)2-6(9)8(7)11/h2-3,11H,4H2,1H3. The molecule has 1 N–H and O–H groups in total. The Kier molecular flexibility index (Phi) is 3.29. The van der Waals surface area contributed by atoms with E-state index in [1.54, 1.807) is 0 Å². The van der Waals surface area contributed by atoms with E-state index in [1.165, 1.54) is 19.2 Å². The number of phenolic OH excluding ortho intramolecular Hbond substituents is 1. The summed E-state index contributed by atoms with van der Waals surface area (Å²) in [4.78, 5) is 9.81. The Morgan fingerprint density at radius 1 is 1.64 bits per heavy atom. The Hall–Kier alpha value is -1.30. The number of nitrogens with zero attached hydrogens (tertiary/aromatic N) is 1. The molecule has 0 amide bonds. The number of benzene rings is 1. The average molecular weight is 262 g/mol. The molecule has 0 atom stereocenters. The summed E-state index contributed by atoms with van der Waals surface area (Å²) in [6, 6.07) is 2.92. The third-order valence-electron chi connectivity index (χ3n) is 1.62. The highest BCUT2D eigenvalue weighted by atomic mass is 79.9. The number of aromatic hydroxyl groups is 1.